The molecule has 13 heteroatoms. The van der Waals surface area contributed by atoms with E-state index in [0.717, 1.165) is 0 Å². The van der Waals surface area contributed by atoms with Gasteiger partial charge in [-0.05, 0) is 50.1 Å². The summed E-state index contributed by atoms with van der Waals surface area (Å²) in [6.45, 7) is 4.77. The number of methoxy groups -OCH3 is 1. The van der Waals surface area contributed by atoms with Crippen LogP contribution in [0.2, 0.25) is 0 Å². The third-order valence-corrected chi connectivity index (χ3v) is 7.37. The first-order valence-corrected chi connectivity index (χ1v) is 15.6. The van der Waals surface area contributed by atoms with E-state index in [0.29, 0.717) is 33.8 Å². The van der Waals surface area contributed by atoms with E-state index in [1.165, 1.54) is 45.2 Å². The van der Waals surface area contributed by atoms with E-state index in [1.807, 2.05) is 6.92 Å². The van der Waals surface area contributed by atoms with E-state index >= 15 is 0 Å². The molecular weight excluding hydrogens is 630 g/mol. The first-order chi connectivity index (χ1) is 19.1. The average molecular weight is 669 g/mol. The summed E-state index contributed by atoms with van der Waals surface area (Å²) in [7, 11) is 1.49. The van der Waals surface area contributed by atoms with E-state index in [9.17, 15) is 26.9 Å². The number of alkyl halides is 4. The van der Waals surface area contributed by atoms with Gasteiger partial charge in [-0.15, -0.1) is 0 Å². The fourth-order valence-electron chi connectivity index (χ4n) is 3.97. The Hall–Kier alpha value is -2.22. The van der Waals surface area contributed by atoms with Gasteiger partial charge >= 0.3 is 6.18 Å². The van der Waals surface area contributed by atoms with Crippen LogP contribution in [0.1, 0.15) is 45.2 Å². The molecule has 7 nitrogen and oxygen atoms in total. The zero-order valence-electron chi connectivity index (χ0n) is 23.7. The Morgan fingerprint density at radius 2 is 1.78 bits per heavy atom. The van der Waals surface area contributed by atoms with Gasteiger partial charge < -0.3 is 24.7 Å². The standard InChI is InChI=1S/C28H38BrF4N3O4S/c1-6-20(17-34-22-12-11-21(15-24(22)39-4)40-13-14-41(5)38)35-26(37)23(16-27(2,3)30)36-25(28(31,32)33)18-7-9-19(29)10-8-18/h7-12,15,20,23,25,34,36H,6,13-14,16-17H2,1-5H3,(H,35,37)/t20-,23-,25-,41?/m0/s1. The highest BCUT2D eigenvalue weighted by Gasteiger charge is 2.44. The number of hydrogen-bond acceptors (Lipinski definition) is 6. The van der Waals surface area contributed by atoms with Crippen molar-refractivity contribution < 1.29 is 36.4 Å². The molecule has 2 aromatic carbocycles. The second-order valence-corrected chi connectivity index (χ2v) is 12.6. The molecule has 2 rings (SSSR count). The van der Waals surface area contributed by atoms with Crippen LogP contribution in [0, 0.1) is 0 Å². The molecule has 1 amide bonds. The van der Waals surface area contributed by atoms with Crippen molar-refractivity contribution in [2.75, 3.05) is 37.6 Å². The van der Waals surface area contributed by atoms with Crippen LogP contribution < -0.4 is 25.4 Å². The first-order valence-electron chi connectivity index (χ1n) is 13.0. The van der Waals surface area contributed by atoms with Gasteiger partial charge in [-0.1, -0.05) is 46.2 Å². The van der Waals surface area contributed by atoms with Crippen LogP contribution >= 0.6 is 15.9 Å². The highest BCUT2D eigenvalue weighted by atomic mass is 79.9. The number of ether oxygens (including phenoxy) is 2. The summed E-state index contributed by atoms with van der Waals surface area (Å²) >= 11 is 2.23. The number of rotatable bonds is 16. The Morgan fingerprint density at radius 3 is 2.32 bits per heavy atom. The molecule has 0 aliphatic carbocycles. The summed E-state index contributed by atoms with van der Waals surface area (Å²) in [6, 6.07) is 6.56. The van der Waals surface area contributed by atoms with Gasteiger partial charge in [0.1, 0.15) is 35.6 Å². The third kappa shape index (κ3) is 12.3. The highest BCUT2D eigenvalue weighted by molar-refractivity contribution is 9.10. The van der Waals surface area contributed by atoms with E-state index in [1.54, 1.807) is 24.5 Å². The lowest BCUT2D eigenvalue weighted by atomic mass is 9.97. The van der Waals surface area contributed by atoms with Crippen molar-refractivity contribution in [3.05, 3.63) is 52.5 Å². The molecule has 0 aliphatic rings. The molecule has 0 bridgehead atoms. The molecule has 41 heavy (non-hydrogen) atoms. The van der Waals surface area contributed by atoms with E-state index in [-0.39, 0.29) is 18.7 Å². The number of nitrogens with one attached hydrogen (secondary N) is 3. The molecule has 0 heterocycles. The molecule has 0 spiro atoms. The first kappa shape index (κ1) is 35.0. The summed E-state index contributed by atoms with van der Waals surface area (Å²) in [5, 5.41) is 8.32. The monoisotopic (exact) mass is 667 g/mol. The lowest BCUT2D eigenvalue weighted by Gasteiger charge is -2.31. The normalized spacial score (nSPS) is 15.0. The minimum Gasteiger partial charge on any atom is -0.616 e. The molecular formula is C28H38BrF4N3O4S. The summed E-state index contributed by atoms with van der Waals surface area (Å²) in [5.74, 6) is 0.663. The molecule has 3 N–H and O–H groups in total. The summed E-state index contributed by atoms with van der Waals surface area (Å²) in [5.41, 5.74) is -1.39. The zero-order valence-corrected chi connectivity index (χ0v) is 26.1. The minimum atomic E-state index is -4.72. The Bertz CT molecular complexity index is 1100. The predicted octanol–water partition coefficient (Wildman–Crippen LogP) is 5.92. The summed E-state index contributed by atoms with van der Waals surface area (Å²) < 4.78 is 79.7. The van der Waals surface area contributed by atoms with Gasteiger partial charge in [-0.3, -0.25) is 10.1 Å². The van der Waals surface area contributed by atoms with Crippen LogP contribution in [-0.2, 0) is 16.0 Å². The molecule has 4 atom stereocenters. The molecule has 0 fully saturated rings. The number of anilines is 1. The van der Waals surface area contributed by atoms with Gasteiger partial charge in [-0.2, -0.15) is 13.2 Å². The Morgan fingerprint density at radius 1 is 1.12 bits per heavy atom. The fraction of sp³-hybridized carbons (Fsp3) is 0.536. The van der Waals surface area contributed by atoms with E-state index in [4.69, 9.17) is 9.47 Å². The average Bonchev–Trinajstić information content (AvgIpc) is 2.88. The van der Waals surface area contributed by atoms with E-state index < -0.39 is 53.5 Å². The number of carbonyl (C=O) groups excluding carboxylic acids is 1. The van der Waals surface area contributed by atoms with Crippen LogP contribution in [0.5, 0.6) is 11.5 Å². The third-order valence-electron chi connectivity index (χ3n) is 6.10. The van der Waals surface area contributed by atoms with Gasteiger partial charge in [-0.25, -0.2) is 4.39 Å². The van der Waals surface area contributed by atoms with Crippen molar-refractivity contribution in [2.24, 2.45) is 0 Å². The van der Waals surface area contributed by atoms with Crippen molar-refractivity contribution >= 4 is 38.7 Å². The second kappa shape index (κ2) is 15.9. The summed E-state index contributed by atoms with van der Waals surface area (Å²) in [4.78, 5) is 13.3. The molecule has 0 saturated carbocycles. The predicted molar refractivity (Wildman–Crippen MR) is 158 cm³/mol. The van der Waals surface area contributed by atoms with Crippen molar-refractivity contribution in [3.8, 4) is 11.5 Å². The largest absolute Gasteiger partial charge is 0.616 e. The van der Waals surface area contributed by atoms with Crippen molar-refractivity contribution in [1.29, 1.82) is 0 Å². The number of carbonyl (C=O) groups is 1. The SMILES string of the molecule is CC[C@@H](CNc1ccc(OCC[S+](C)[O-])cc1OC)NC(=O)[C@H](CC(C)(C)F)N[C@@H](c1ccc(Br)cc1)C(F)(F)F. The zero-order chi connectivity index (χ0) is 30.8. The number of benzene rings is 2. The van der Waals surface area contributed by atoms with Crippen LogP contribution in [0.25, 0.3) is 0 Å². The van der Waals surface area contributed by atoms with Crippen LogP contribution in [-0.4, -0.2) is 66.7 Å². The Labute approximate surface area is 250 Å². The molecule has 2 aromatic rings. The Balaban J connectivity index is 2.15. The van der Waals surface area contributed by atoms with Gasteiger partial charge in [0.05, 0.1) is 25.1 Å². The fourth-order valence-corrected chi connectivity index (χ4v) is 4.55. The van der Waals surface area contributed by atoms with Crippen LogP contribution in [0.3, 0.4) is 0 Å². The number of hydrogen-bond donors (Lipinski definition) is 3. The van der Waals surface area contributed by atoms with E-state index in [2.05, 4.69) is 31.9 Å². The lowest BCUT2D eigenvalue weighted by Crippen LogP contribution is -2.53. The van der Waals surface area contributed by atoms with Crippen molar-refractivity contribution in [2.45, 2.75) is 63.6 Å². The second-order valence-electron chi connectivity index (χ2n) is 10.2. The van der Waals surface area contributed by atoms with Crippen LogP contribution in [0.15, 0.2) is 46.9 Å². The van der Waals surface area contributed by atoms with Crippen molar-refractivity contribution in [1.82, 2.24) is 10.6 Å². The maximum absolute atomic E-state index is 14.7. The lowest BCUT2D eigenvalue weighted by molar-refractivity contribution is -0.161. The maximum Gasteiger partial charge on any atom is 0.407 e. The van der Waals surface area contributed by atoms with Gasteiger partial charge in [0.25, 0.3) is 0 Å². The topological polar surface area (TPSA) is 94.7 Å². The maximum atomic E-state index is 14.7. The quantitative estimate of drug-likeness (QED) is 0.152. The van der Waals surface area contributed by atoms with Gasteiger partial charge in [0.15, 0.2) is 0 Å². The Kier molecular flexibility index (Phi) is 13.5. The van der Waals surface area contributed by atoms with Crippen molar-refractivity contribution in [3.63, 3.8) is 0 Å². The summed E-state index contributed by atoms with van der Waals surface area (Å²) in [6.07, 6.45) is -3.14. The molecule has 230 valence electrons. The molecule has 1 unspecified atom stereocenters. The minimum absolute atomic E-state index is 0.0913. The van der Waals surface area contributed by atoms with Crippen LogP contribution in [0.4, 0.5) is 23.2 Å². The number of amides is 1. The smallest absolute Gasteiger partial charge is 0.407 e. The van der Waals surface area contributed by atoms with Gasteiger partial charge in [0, 0.05) is 29.5 Å². The van der Waals surface area contributed by atoms with Gasteiger partial charge in [0.2, 0.25) is 5.91 Å². The molecule has 0 radical (unpaired) electrons. The number of halogens is 5. The highest BCUT2D eigenvalue weighted by Crippen LogP contribution is 2.35. The molecule has 0 saturated heterocycles. The molecule has 0 aliphatic heterocycles. The molecule has 0 aromatic heterocycles.